The molecule has 2 saturated heterocycles. The molecule has 15 nitrogen and oxygen atoms in total. The van der Waals surface area contributed by atoms with E-state index >= 15 is 0 Å². The Morgan fingerprint density at radius 2 is 2.12 bits per heavy atom. The van der Waals surface area contributed by atoms with Crippen LogP contribution in [0.4, 0.5) is 4.79 Å². The number of hydrazine groups is 1. The van der Waals surface area contributed by atoms with Gasteiger partial charge >= 0.3 is 16.4 Å². The Labute approximate surface area is 146 Å². The van der Waals surface area contributed by atoms with Crippen LogP contribution in [0.2, 0.25) is 0 Å². The van der Waals surface area contributed by atoms with Crippen LogP contribution in [-0.4, -0.2) is 79.6 Å². The summed E-state index contributed by atoms with van der Waals surface area (Å²) in [5.41, 5.74) is 4.34. The second-order valence-corrected chi connectivity index (χ2v) is 6.52. The second-order valence-electron chi connectivity index (χ2n) is 5.51. The molecule has 2 fully saturated rings. The Kier molecular flexibility index (Phi) is 4.70. The molecule has 2 aliphatic heterocycles. The standard InChI is InChI=1S/C10H14N8O7S/c19-8(4-17-12-5-11-15-17)13-14-9(20)7-2-1-6-3-16(7)10(21)18(6)25-26(22,23)24/h5-7H,1-4H2,(H,13,19)(H,14,20)(H,22,23,24)/t6-,7+/m1/s1. The van der Waals surface area contributed by atoms with E-state index in [1.165, 1.54) is 0 Å². The lowest BCUT2D eigenvalue weighted by Gasteiger charge is -2.29. The van der Waals surface area contributed by atoms with Gasteiger partial charge in [0.2, 0.25) is 0 Å². The topological polar surface area (TPSA) is 189 Å². The first-order chi connectivity index (χ1) is 12.2. The lowest BCUT2D eigenvalue weighted by atomic mass is 10.0. The molecule has 3 rings (SSSR count). The highest BCUT2D eigenvalue weighted by molar-refractivity contribution is 7.80. The lowest BCUT2D eigenvalue weighted by molar-refractivity contribution is -0.132. The number of nitrogens with zero attached hydrogens (tertiary/aromatic N) is 6. The highest BCUT2D eigenvalue weighted by Gasteiger charge is 2.49. The first-order valence-corrected chi connectivity index (χ1v) is 8.67. The van der Waals surface area contributed by atoms with Gasteiger partial charge < -0.3 is 4.90 Å². The first-order valence-electron chi connectivity index (χ1n) is 7.31. The number of urea groups is 1. The molecular formula is C10H14N8O7S. The maximum atomic E-state index is 12.2. The van der Waals surface area contributed by atoms with Gasteiger partial charge in [0, 0.05) is 6.54 Å². The summed E-state index contributed by atoms with van der Waals surface area (Å²) in [7, 11) is -4.86. The van der Waals surface area contributed by atoms with E-state index in [4.69, 9.17) is 4.55 Å². The molecule has 0 unspecified atom stereocenters. The fraction of sp³-hybridized carbons (Fsp3) is 0.600. The molecule has 142 valence electrons. The fourth-order valence-electron chi connectivity index (χ4n) is 2.75. The molecule has 2 atom stereocenters. The van der Waals surface area contributed by atoms with Crippen molar-refractivity contribution < 1.29 is 31.6 Å². The third-order valence-electron chi connectivity index (χ3n) is 3.80. The van der Waals surface area contributed by atoms with Crippen molar-refractivity contribution in [3.8, 4) is 0 Å². The molecular weight excluding hydrogens is 376 g/mol. The first kappa shape index (κ1) is 18.0. The lowest BCUT2D eigenvalue weighted by Crippen LogP contribution is -2.54. The number of fused-ring (bicyclic) bond motifs is 2. The Morgan fingerprint density at radius 1 is 1.35 bits per heavy atom. The number of nitrogens with one attached hydrogen (secondary N) is 2. The third-order valence-corrected chi connectivity index (χ3v) is 4.15. The normalized spacial score (nSPS) is 22.4. The van der Waals surface area contributed by atoms with Crippen molar-refractivity contribution in [1.29, 1.82) is 0 Å². The average Bonchev–Trinajstić information content (AvgIpc) is 3.15. The highest BCUT2D eigenvalue weighted by atomic mass is 32.3. The van der Waals surface area contributed by atoms with Crippen LogP contribution in [0.3, 0.4) is 0 Å². The Hall–Kier alpha value is -2.85. The van der Waals surface area contributed by atoms with E-state index in [0.29, 0.717) is 5.06 Å². The zero-order valence-electron chi connectivity index (χ0n) is 13.0. The van der Waals surface area contributed by atoms with Gasteiger partial charge in [-0.2, -0.15) is 18.3 Å². The second kappa shape index (κ2) is 6.81. The van der Waals surface area contributed by atoms with Crippen molar-refractivity contribution in [2.24, 2.45) is 0 Å². The summed E-state index contributed by atoms with van der Waals surface area (Å²) < 4.78 is 34.6. The zero-order chi connectivity index (χ0) is 18.9. The number of carbonyl (C=O) groups excluding carboxylic acids is 3. The van der Waals surface area contributed by atoms with Crippen molar-refractivity contribution in [3.63, 3.8) is 0 Å². The monoisotopic (exact) mass is 390 g/mol. The largest absolute Gasteiger partial charge is 0.418 e. The zero-order valence-corrected chi connectivity index (χ0v) is 13.9. The minimum Gasteiger partial charge on any atom is -0.309 e. The van der Waals surface area contributed by atoms with Crippen molar-refractivity contribution in [2.45, 2.75) is 31.5 Å². The van der Waals surface area contributed by atoms with E-state index in [0.717, 1.165) is 16.0 Å². The number of hydrogen-bond donors (Lipinski definition) is 3. The molecule has 1 aromatic heterocycles. The Bertz CT molecular complexity index is 811. The van der Waals surface area contributed by atoms with Crippen LogP contribution in [0.1, 0.15) is 12.8 Å². The van der Waals surface area contributed by atoms with E-state index in [2.05, 4.69) is 30.5 Å². The van der Waals surface area contributed by atoms with Gasteiger partial charge in [-0.15, -0.1) is 14.5 Å². The molecule has 0 saturated carbocycles. The molecule has 0 radical (unpaired) electrons. The van der Waals surface area contributed by atoms with Gasteiger partial charge in [-0.1, -0.05) is 0 Å². The number of piperidine rings is 1. The SMILES string of the molecule is O=C(Cn1ncnn1)NNC(=O)[C@@H]1CC[C@@H]2CN1C(=O)N2OS(=O)(=O)O. The van der Waals surface area contributed by atoms with Crippen LogP contribution in [0.5, 0.6) is 0 Å². The summed E-state index contributed by atoms with van der Waals surface area (Å²) in [6, 6.07) is -2.41. The van der Waals surface area contributed by atoms with Gasteiger partial charge in [0.1, 0.15) is 12.6 Å². The van der Waals surface area contributed by atoms with E-state index in [1.807, 2.05) is 0 Å². The number of amides is 4. The number of carbonyl (C=O) groups is 3. The van der Waals surface area contributed by atoms with Gasteiger partial charge in [0.05, 0.1) is 6.04 Å². The van der Waals surface area contributed by atoms with E-state index < -0.39 is 40.3 Å². The molecule has 3 heterocycles. The van der Waals surface area contributed by atoms with Crippen LogP contribution >= 0.6 is 0 Å². The maximum Gasteiger partial charge on any atom is 0.418 e. The summed E-state index contributed by atoms with van der Waals surface area (Å²) in [6.07, 6.45) is 1.63. The molecule has 2 aliphatic rings. The number of rotatable bonds is 5. The summed E-state index contributed by atoms with van der Waals surface area (Å²) >= 11 is 0. The van der Waals surface area contributed by atoms with Gasteiger partial charge in [-0.3, -0.25) is 25.0 Å². The predicted octanol–water partition coefficient (Wildman–Crippen LogP) is -3.18. The van der Waals surface area contributed by atoms with E-state index in [9.17, 15) is 22.8 Å². The Morgan fingerprint density at radius 3 is 2.77 bits per heavy atom. The molecule has 26 heavy (non-hydrogen) atoms. The van der Waals surface area contributed by atoms with Gasteiger partial charge in [0.25, 0.3) is 11.8 Å². The fourth-order valence-corrected chi connectivity index (χ4v) is 3.14. The minimum atomic E-state index is -4.86. The predicted molar refractivity (Wildman–Crippen MR) is 77.5 cm³/mol. The third kappa shape index (κ3) is 3.86. The molecule has 4 amide bonds. The summed E-state index contributed by atoms with van der Waals surface area (Å²) in [5, 5.41) is 11.1. The molecule has 16 heteroatoms. The molecule has 0 aromatic carbocycles. The van der Waals surface area contributed by atoms with Crippen molar-refractivity contribution >= 4 is 28.2 Å². The van der Waals surface area contributed by atoms with Crippen LogP contribution in [0.15, 0.2) is 6.33 Å². The molecule has 0 spiro atoms. The minimum absolute atomic E-state index is 0.0449. The highest BCUT2D eigenvalue weighted by Crippen LogP contribution is 2.30. The maximum absolute atomic E-state index is 12.2. The molecule has 1 aromatic rings. The van der Waals surface area contributed by atoms with Gasteiger partial charge in [-0.05, 0) is 18.1 Å². The van der Waals surface area contributed by atoms with E-state index in [-0.39, 0.29) is 25.9 Å². The van der Waals surface area contributed by atoms with Crippen LogP contribution in [0.25, 0.3) is 0 Å². The van der Waals surface area contributed by atoms with Gasteiger partial charge in [-0.25, -0.2) is 4.79 Å². The van der Waals surface area contributed by atoms with Gasteiger partial charge in [0.15, 0.2) is 6.33 Å². The smallest absolute Gasteiger partial charge is 0.309 e. The number of hydrogen-bond acceptors (Lipinski definition) is 9. The molecule has 0 aliphatic carbocycles. The number of hydroxylamine groups is 2. The molecule has 3 N–H and O–H groups in total. The van der Waals surface area contributed by atoms with E-state index in [1.54, 1.807) is 0 Å². The van der Waals surface area contributed by atoms with Crippen molar-refractivity contribution in [2.75, 3.05) is 6.54 Å². The van der Waals surface area contributed by atoms with Crippen LogP contribution in [0, 0.1) is 0 Å². The number of tetrazole rings is 1. The van der Waals surface area contributed by atoms with Crippen LogP contribution < -0.4 is 10.9 Å². The number of aromatic nitrogens is 4. The molecule has 2 bridgehead atoms. The van der Waals surface area contributed by atoms with Crippen LogP contribution in [-0.2, 0) is 30.8 Å². The quantitative estimate of drug-likeness (QED) is 0.341. The van der Waals surface area contributed by atoms with Crippen molar-refractivity contribution in [3.05, 3.63) is 6.33 Å². The summed E-state index contributed by atoms with van der Waals surface area (Å²) in [6.45, 7) is -0.227. The summed E-state index contributed by atoms with van der Waals surface area (Å²) in [4.78, 5) is 38.2. The summed E-state index contributed by atoms with van der Waals surface area (Å²) in [5.74, 6) is -1.28. The van der Waals surface area contributed by atoms with Crippen molar-refractivity contribution in [1.82, 2.24) is 41.0 Å². The Balaban J connectivity index is 1.56. The average molecular weight is 390 g/mol.